The van der Waals surface area contributed by atoms with Gasteiger partial charge in [0.1, 0.15) is 0 Å². The number of nitrogens with two attached hydrogens (primary N) is 1. The molecule has 0 bridgehead atoms. The van der Waals surface area contributed by atoms with Crippen LogP contribution in [0.3, 0.4) is 0 Å². The number of ether oxygens (including phenoxy) is 1. The molecule has 19 heavy (non-hydrogen) atoms. The second-order valence-electron chi connectivity index (χ2n) is 4.97. The maximum atomic E-state index is 11.7. The Morgan fingerprint density at radius 2 is 2.05 bits per heavy atom. The molecular formula is C15H22N2O2. The second kappa shape index (κ2) is 7.26. The molecule has 1 atom stereocenters. The van der Waals surface area contributed by atoms with E-state index in [2.05, 4.69) is 5.32 Å². The first-order valence-corrected chi connectivity index (χ1v) is 6.94. The zero-order chi connectivity index (χ0) is 13.5. The van der Waals surface area contributed by atoms with E-state index in [-0.39, 0.29) is 12.0 Å². The van der Waals surface area contributed by atoms with Gasteiger partial charge < -0.3 is 15.8 Å². The van der Waals surface area contributed by atoms with Gasteiger partial charge in [-0.2, -0.15) is 0 Å². The average Bonchev–Trinajstić information content (AvgIpc) is 2.96. The summed E-state index contributed by atoms with van der Waals surface area (Å²) in [5.74, 6) is 0.0957. The standard InChI is InChI=1S/C15H22N2O2/c16-10-12-3-5-13(6-4-12)11-17-15(18)8-7-14-2-1-9-19-14/h3-6,14H,1-2,7-11,16H2,(H,17,18). The lowest BCUT2D eigenvalue weighted by atomic mass is 10.1. The van der Waals surface area contributed by atoms with Crippen molar-refractivity contribution in [2.45, 2.75) is 44.9 Å². The molecule has 1 aromatic rings. The summed E-state index contributed by atoms with van der Waals surface area (Å²) in [5.41, 5.74) is 7.74. The zero-order valence-corrected chi connectivity index (χ0v) is 11.2. The molecule has 0 aliphatic carbocycles. The number of amides is 1. The smallest absolute Gasteiger partial charge is 0.220 e. The summed E-state index contributed by atoms with van der Waals surface area (Å²) < 4.78 is 5.50. The van der Waals surface area contributed by atoms with Crippen LogP contribution in [0.1, 0.15) is 36.8 Å². The van der Waals surface area contributed by atoms with Crippen LogP contribution in [0.5, 0.6) is 0 Å². The molecule has 1 heterocycles. The van der Waals surface area contributed by atoms with Crippen molar-refractivity contribution < 1.29 is 9.53 Å². The fourth-order valence-electron chi connectivity index (χ4n) is 2.25. The summed E-state index contributed by atoms with van der Waals surface area (Å²) in [6.45, 7) is 1.98. The topological polar surface area (TPSA) is 64.3 Å². The van der Waals surface area contributed by atoms with Gasteiger partial charge in [0.15, 0.2) is 0 Å². The monoisotopic (exact) mass is 262 g/mol. The van der Waals surface area contributed by atoms with E-state index < -0.39 is 0 Å². The van der Waals surface area contributed by atoms with E-state index in [0.717, 1.165) is 37.0 Å². The van der Waals surface area contributed by atoms with Gasteiger partial charge in [-0.05, 0) is 30.4 Å². The van der Waals surface area contributed by atoms with Gasteiger partial charge in [0.25, 0.3) is 0 Å². The molecule has 1 aliphatic rings. The number of hydrogen-bond donors (Lipinski definition) is 2. The Balaban J connectivity index is 1.67. The minimum Gasteiger partial charge on any atom is -0.378 e. The van der Waals surface area contributed by atoms with E-state index in [1.54, 1.807) is 0 Å². The van der Waals surface area contributed by atoms with Gasteiger partial charge in [0, 0.05) is 26.1 Å². The summed E-state index contributed by atoms with van der Waals surface area (Å²) in [6.07, 6.45) is 3.88. The number of nitrogens with one attached hydrogen (secondary N) is 1. The summed E-state index contributed by atoms with van der Waals surface area (Å²) in [4.78, 5) is 11.7. The lowest BCUT2D eigenvalue weighted by Crippen LogP contribution is -2.23. The first kappa shape index (κ1) is 14.0. The highest BCUT2D eigenvalue weighted by Gasteiger charge is 2.16. The molecule has 0 aromatic heterocycles. The highest BCUT2D eigenvalue weighted by atomic mass is 16.5. The van der Waals surface area contributed by atoms with Crippen molar-refractivity contribution in [3.05, 3.63) is 35.4 Å². The average molecular weight is 262 g/mol. The molecule has 1 fully saturated rings. The highest BCUT2D eigenvalue weighted by Crippen LogP contribution is 2.16. The molecule has 104 valence electrons. The molecule has 4 heteroatoms. The number of hydrogen-bond acceptors (Lipinski definition) is 3. The summed E-state index contributed by atoms with van der Waals surface area (Å²) >= 11 is 0. The molecule has 1 unspecified atom stereocenters. The maximum absolute atomic E-state index is 11.7. The molecule has 0 radical (unpaired) electrons. The second-order valence-corrected chi connectivity index (χ2v) is 4.97. The fourth-order valence-corrected chi connectivity index (χ4v) is 2.25. The molecule has 1 amide bonds. The molecule has 2 rings (SSSR count). The third-order valence-corrected chi connectivity index (χ3v) is 3.47. The van der Waals surface area contributed by atoms with Crippen molar-refractivity contribution in [1.29, 1.82) is 0 Å². The van der Waals surface area contributed by atoms with E-state index >= 15 is 0 Å². The Morgan fingerprint density at radius 1 is 1.32 bits per heavy atom. The van der Waals surface area contributed by atoms with E-state index in [4.69, 9.17) is 10.5 Å². The summed E-state index contributed by atoms with van der Waals surface area (Å²) in [6, 6.07) is 7.99. The van der Waals surface area contributed by atoms with Gasteiger partial charge in [0.05, 0.1) is 6.10 Å². The van der Waals surface area contributed by atoms with Crippen molar-refractivity contribution in [3.63, 3.8) is 0 Å². The van der Waals surface area contributed by atoms with Crippen LogP contribution in [0.15, 0.2) is 24.3 Å². The Kier molecular flexibility index (Phi) is 5.36. The minimum atomic E-state index is 0.0957. The third kappa shape index (κ3) is 4.65. The number of carbonyl (C=O) groups excluding carboxylic acids is 1. The van der Waals surface area contributed by atoms with Crippen LogP contribution in [-0.2, 0) is 22.6 Å². The van der Waals surface area contributed by atoms with Crippen molar-refractivity contribution in [3.8, 4) is 0 Å². The highest BCUT2D eigenvalue weighted by molar-refractivity contribution is 5.75. The Morgan fingerprint density at radius 3 is 2.68 bits per heavy atom. The van der Waals surface area contributed by atoms with E-state index in [0.29, 0.717) is 19.5 Å². The Bertz CT molecular complexity index is 397. The SMILES string of the molecule is NCc1ccc(CNC(=O)CCC2CCCO2)cc1. The lowest BCUT2D eigenvalue weighted by Gasteiger charge is -2.09. The fraction of sp³-hybridized carbons (Fsp3) is 0.533. The molecular weight excluding hydrogens is 240 g/mol. The maximum Gasteiger partial charge on any atom is 0.220 e. The largest absolute Gasteiger partial charge is 0.378 e. The third-order valence-electron chi connectivity index (χ3n) is 3.47. The van der Waals surface area contributed by atoms with Crippen LogP contribution in [0.25, 0.3) is 0 Å². The molecule has 0 saturated carbocycles. The van der Waals surface area contributed by atoms with E-state index in [1.807, 2.05) is 24.3 Å². The van der Waals surface area contributed by atoms with Crippen LogP contribution in [0.4, 0.5) is 0 Å². The lowest BCUT2D eigenvalue weighted by molar-refractivity contribution is -0.121. The molecule has 1 aromatic carbocycles. The van der Waals surface area contributed by atoms with Crippen LogP contribution in [0, 0.1) is 0 Å². The number of benzene rings is 1. The first-order chi connectivity index (χ1) is 9.28. The van der Waals surface area contributed by atoms with Gasteiger partial charge in [0.2, 0.25) is 5.91 Å². The van der Waals surface area contributed by atoms with E-state index in [9.17, 15) is 4.79 Å². The predicted octanol–water partition coefficient (Wildman–Crippen LogP) is 1.72. The van der Waals surface area contributed by atoms with Gasteiger partial charge in [-0.1, -0.05) is 24.3 Å². The van der Waals surface area contributed by atoms with Crippen LogP contribution in [-0.4, -0.2) is 18.6 Å². The molecule has 1 aliphatic heterocycles. The van der Waals surface area contributed by atoms with Gasteiger partial charge in [-0.15, -0.1) is 0 Å². The molecule has 1 saturated heterocycles. The van der Waals surface area contributed by atoms with Crippen LogP contribution in [0.2, 0.25) is 0 Å². The van der Waals surface area contributed by atoms with Crippen LogP contribution >= 0.6 is 0 Å². The zero-order valence-electron chi connectivity index (χ0n) is 11.2. The summed E-state index contributed by atoms with van der Waals surface area (Å²) in [7, 11) is 0. The van der Waals surface area contributed by atoms with E-state index in [1.165, 1.54) is 0 Å². The van der Waals surface area contributed by atoms with Crippen molar-refractivity contribution in [2.24, 2.45) is 5.73 Å². The van der Waals surface area contributed by atoms with Gasteiger partial charge in [-0.25, -0.2) is 0 Å². The number of rotatable bonds is 6. The number of carbonyl (C=O) groups is 1. The normalized spacial score (nSPS) is 18.5. The Hall–Kier alpha value is -1.39. The first-order valence-electron chi connectivity index (χ1n) is 6.94. The summed E-state index contributed by atoms with van der Waals surface area (Å²) in [5, 5.41) is 2.93. The quantitative estimate of drug-likeness (QED) is 0.820. The molecule has 0 spiro atoms. The van der Waals surface area contributed by atoms with Crippen molar-refractivity contribution >= 4 is 5.91 Å². The molecule has 3 N–H and O–H groups in total. The minimum absolute atomic E-state index is 0.0957. The van der Waals surface area contributed by atoms with Gasteiger partial charge >= 0.3 is 0 Å². The van der Waals surface area contributed by atoms with Crippen molar-refractivity contribution in [2.75, 3.05) is 6.61 Å². The predicted molar refractivity (Wildman–Crippen MR) is 74.4 cm³/mol. The molecule has 4 nitrogen and oxygen atoms in total. The Labute approximate surface area is 114 Å². The van der Waals surface area contributed by atoms with Crippen molar-refractivity contribution in [1.82, 2.24) is 5.32 Å². The van der Waals surface area contributed by atoms with Crippen LogP contribution < -0.4 is 11.1 Å². The van der Waals surface area contributed by atoms with Gasteiger partial charge in [-0.3, -0.25) is 4.79 Å².